The number of aromatic nitrogens is 1. The van der Waals surface area contributed by atoms with Gasteiger partial charge in [0.25, 0.3) is 11.8 Å². The molecule has 1 N–H and O–H groups in total. The monoisotopic (exact) mass is 390 g/mol. The minimum atomic E-state index is -0.515. The van der Waals surface area contributed by atoms with E-state index in [0.717, 1.165) is 11.3 Å². The Hall–Kier alpha value is -3.98. The first kappa shape index (κ1) is 19.8. The summed E-state index contributed by atoms with van der Waals surface area (Å²) in [6, 6.07) is 7.05. The highest BCUT2D eigenvalue weighted by molar-refractivity contribution is 6.07. The number of hydrazone groups is 1. The smallest absolute Gasteiger partial charge is 0.291 e. The molecule has 0 fully saturated rings. The first-order valence-electron chi connectivity index (χ1n) is 8.99. The lowest BCUT2D eigenvalue weighted by Gasteiger charge is -2.14. The maximum atomic E-state index is 12.7. The van der Waals surface area contributed by atoms with Crippen molar-refractivity contribution in [1.29, 1.82) is 10.5 Å². The van der Waals surface area contributed by atoms with Crippen molar-refractivity contribution >= 4 is 17.5 Å². The van der Waals surface area contributed by atoms with Gasteiger partial charge in [-0.2, -0.15) is 15.6 Å². The molecule has 29 heavy (non-hydrogen) atoms. The number of nitriles is 2. The second-order valence-corrected chi connectivity index (χ2v) is 6.43. The Labute approximate surface area is 167 Å². The fourth-order valence-electron chi connectivity index (χ4n) is 3.18. The zero-order valence-electron chi connectivity index (χ0n) is 15.8. The maximum Gasteiger partial charge on any atom is 0.291 e. The van der Waals surface area contributed by atoms with Crippen LogP contribution < -0.4 is 5.43 Å². The van der Waals surface area contributed by atoms with Crippen molar-refractivity contribution in [3.63, 3.8) is 0 Å². The molecule has 0 saturated heterocycles. The Morgan fingerprint density at radius 2 is 2.07 bits per heavy atom. The number of carbonyl (C=O) groups excluding carboxylic acids is 2. The van der Waals surface area contributed by atoms with Crippen LogP contribution in [0.25, 0.3) is 0 Å². The molecule has 2 amide bonds. The highest BCUT2D eigenvalue weighted by atomic mass is 16.4. The molecule has 1 aliphatic rings. The van der Waals surface area contributed by atoms with E-state index in [4.69, 9.17) is 14.9 Å². The maximum absolute atomic E-state index is 12.7. The molecule has 1 aliphatic carbocycles. The van der Waals surface area contributed by atoms with Crippen molar-refractivity contribution < 1.29 is 14.0 Å². The number of hydrogen-bond acceptors (Lipinski definition) is 7. The molecule has 0 spiro atoms. The second-order valence-electron chi connectivity index (χ2n) is 6.43. The van der Waals surface area contributed by atoms with Gasteiger partial charge >= 0.3 is 0 Å². The van der Waals surface area contributed by atoms with Gasteiger partial charge in [-0.3, -0.25) is 14.6 Å². The number of fused-ring (bicyclic) bond motifs is 1. The van der Waals surface area contributed by atoms with Crippen molar-refractivity contribution in [2.75, 3.05) is 13.1 Å². The molecule has 2 aromatic heterocycles. The van der Waals surface area contributed by atoms with Gasteiger partial charge in [0.15, 0.2) is 5.76 Å². The van der Waals surface area contributed by atoms with Crippen molar-refractivity contribution in [3.05, 3.63) is 52.7 Å². The normalized spacial score (nSPS) is 13.8. The largest absolute Gasteiger partial charge is 0.455 e. The van der Waals surface area contributed by atoms with Gasteiger partial charge in [-0.05, 0) is 31.9 Å². The van der Waals surface area contributed by atoms with Gasteiger partial charge in [0.2, 0.25) is 0 Å². The lowest BCUT2D eigenvalue weighted by Crippen LogP contribution is -2.32. The highest BCUT2D eigenvalue weighted by Crippen LogP contribution is 2.30. The van der Waals surface area contributed by atoms with E-state index in [1.54, 1.807) is 25.3 Å². The van der Waals surface area contributed by atoms with E-state index in [-0.39, 0.29) is 24.8 Å². The van der Waals surface area contributed by atoms with Gasteiger partial charge in [-0.25, -0.2) is 5.43 Å². The zero-order chi connectivity index (χ0) is 20.8. The Kier molecular flexibility index (Phi) is 6.00. The van der Waals surface area contributed by atoms with E-state index in [9.17, 15) is 9.59 Å². The molecule has 3 rings (SSSR count). The minimum absolute atomic E-state index is 0.0914. The molecule has 9 nitrogen and oxygen atoms in total. The topological polar surface area (TPSA) is 135 Å². The van der Waals surface area contributed by atoms with Crippen LogP contribution in [0.4, 0.5) is 0 Å². The molecular formula is C20H18N6O3. The number of pyridine rings is 1. The highest BCUT2D eigenvalue weighted by Gasteiger charge is 2.30. The lowest BCUT2D eigenvalue weighted by molar-refractivity contribution is 0.0760. The second kappa shape index (κ2) is 8.81. The number of carbonyl (C=O) groups is 2. The van der Waals surface area contributed by atoms with Crippen LogP contribution in [0.3, 0.4) is 0 Å². The number of rotatable bonds is 5. The summed E-state index contributed by atoms with van der Waals surface area (Å²) >= 11 is 0. The molecule has 0 unspecified atom stereocenters. The summed E-state index contributed by atoms with van der Waals surface area (Å²) in [4.78, 5) is 30.0. The zero-order valence-corrected chi connectivity index (χ0v) is 15.8. The van der Waals surface area contributed by atoms with Gasteiger partial charge in [0.05, 0.1) is 23.4 Å². The molecule has 0 aliphatic heterocycles. The van der Waals surface area contributed by atoms with E-state index < -0.39 is 5.91 Å². The third-order valence-corrected chi connectivity index (χ3v) is 4.55. The molecule has 0 bridgehead atoms. The predicted octanol–water partition coefficient (Wildman–Crippen LogP) is 1.94. The van der Waals surface area contributed by atoms with Crippen LogP contribution in [-0.2, 0) is 6.42 Å². The Bertz CT molecular complexity index is 1030. The van der Waals surface area contributed by atoms with Crippen LogP contribution in [0.1, 0.15) is 50.6 Å². The first-order chi connectivity index (χ1) is 14.1. The van der Waals surface area contributed by atoms with Crippen molar-refractivity contribution in [3.8, 4) is 12.1 Å². The average Bonchev–Trinajstić information content (AvgIpc) is 3.09. The van der Waals surface area contributed by atoms with Gasteiger partial charge in [0.1, 0.15) is 18.8 Å². The van der Waals surface area contributed by atoms with Crippen LogP contribution in [0.15, 0.2) is 34.0 Å². The molecule has 0 saturated carbocycles. The summed E-state index contributed by atoms with van der Waals surface area (Å²) in [5.41, 5.74) is 4.81. The lowest BCUT2D eigenvalue weighted by atomic mass is 9.93. The third-order valence-electron chi connectivity index (χ3n) is 4.55. The first-order valence-corrected chi connectivity index (χ1v) is 8.99. The Balaban J connectivity index is 1.88. The Morgan fingerprint density at radius 3 is 2.72 bits per heavy atom. The summed E-state index contributed by atoms with van der Waals surface area (Å²) in [5, 5.41) is 22.1. The summed E-state index contributed by atoms with van der Waals surface area (Å²) in [6.07, 6.45) is 5.03. The number of nitrogens with one attached hydrogen (secondary N) is 1. The molecule has 9 heteroatoms. The van der Waals surface area contributed by atoms with E-state index >= 15 is 0 Å². The summed E-state index contributed by atoms with van der Waals surface area (Å²) in [5.74, 6) is -0.197. The average molecular weight is 390 g/mol. The predicted molar refractivity (Wildman–Crippen MR) is 102 cm³/mol. The Morgan fingerprint density at radius 1 is 1.31 bits per heavy atom. The summed E-state index contributed by atoms with van der Waals surface area (Å²) in [7, 11) is 0. The van der Waals surface area contributed by atoms with Crippen LogP contribution >= 0.6 is 0 Å². The number of furan rings is 1. The van der Waals surface area contributed by atoms with Gasteiger partial charge < -0.3 is 9.32 Å². The molecule has 0 radical (unpaired) electrons. The van der Waals surface area contributed by atoms with E-state index in [0.29, 0.717) is 41.0 Å². The fourth-order valence-corrected chi connectivity index (χ4v) is 3.18. The SMILES string of the molecule is Cc1c(C(=O)N(CC#N)CC#N)oc2c1/C(=N/NC(=O)c1cccnc1)CCC2. The summed E-state index contributed by atoms with van der Waals surface area (Å²) < 4.78 is 5.78. The van der Waals surface area contributed by atoms with Crippen LogP contribution in [-0.4, -0.2) is 40.5 Å². The van der Waals surface area contributed by atoms with Crippen molar-refractivity contribution in [2.24, 2.45) is 5.10 Å². The van der Waals surface area contributed by atoms with Gasteiger partial charge in [0, 0.05) is 29.9 Å². The van der Waals surface area contributed by atoms with Gasteiger partial charge in [-0.1, -0.05) is 0 Å². The quantitative estimate of drug-likeness (QED) is 0.612. The van der Waals surface area contributed by atoms with Crippen LogP contribution in [0.2, 0.25) is 0 Å². The van der Waals surface area contributed by atoms with Crippen molar-refractivity contribution in [2.45, 2.75) is 26.2 Å². The molecular weight excluding hydrogens is 372 g/mol. The van der Waals surface area contributed by atoms with Crippen LogP contribution in [0, 0.1) is 29.6 Å². The van der Waals surface area contributed by atoms with E-state index in [2.05, 4.69) is 15.5 Å². The third kappa shape index (κ3) is 4.14. The number of amides is 2. The molecule has 2 aromatic rings. The number of aryl methyl sites for hydroxylation is 1. The molecule has 146 valence electrons. The van der Waals surface area contributed by atoms with Crippen molar-refractivity contribution in [1.82, 2.24) is 15.3 Å². The van der Waals surface area contributed by atoms with E-state index in [1.165, 1.54) is 6.20 Å². The minimum Gasteiger partial charge on any atom is -0.455 e. The standard InChI is InChI=1S/C20H18N6O3/c1-13-17-15(24-25-19(27)14-4-3-9-23-12-14)5-2-6-16(17)29-18(13)20(28)26(10-7-21)11-8-22/h3-4,9,12H,2,5-6,10-11H2,1H3,(H,25,27)/b24-15+. The van der Waals surface area contributed by atoms with E-state index in [1.807, 2.05) is 12.1 Å². The number of hydrogen-bond donors (Lipinski definition) is 1. The van der Waals surface area contributed by atoms with Gasteiger partial charge in [-0.15, -0.1) is 0 Å². The molecule has 0 atom stereocenters. The fraction of sp³-hybridized carbons (Fsp3) is 0.300. The molecule has 2 heterocycles. The molecule has 0 aromatic carbocycles. The number of nitrogens with zero attached hydrogens (tertiary/aromatic N) is 5. The summed E-state index contributed by atoms with van der Waals surface area (Å²) in [6.45, 7) is 1.31. The van der Waals surface area contributed by atoms with Crippen LogP contribution in [0.5, 0.6) is 0 Å².